The van der Waals surface area contributed by atoms with Crippen LogP contribution in [0.3, 0.4) is 0 Å². The second-order valence-corrected chi connectivity index (χ2v) is 8.41. The van der Waals surface area contributed by atoms with Crippen LogP contribution in [0.25, 0.3) is 16.4 Å². The third kappa shape index (κ3) is 4.55. The molecule has 30 heavy (non-hydrogen) atoms. The summed E-state index contributed by atoms with van der Waals surface area (Å²) < 4.78 is 7.23. The Bertz CT molecular complexity index is 1120. The summed E-state index contributed by atoms with van der Waals surface area (Å²) in [6, 6.07) is 19.4. The average Bonchev–Trinajstić information content (AvgIpc) is 3.44. The van der Waals surface area contributed by atoms with Gasteiger partial charge in [0, 0.05) is 5.69 Å². The van der Waals surface area contributed by atoms with E-state index in [4.69, 9.17) is 4.74 Å². The van der Waals surface area contributed by atoms with E-state index < -0.39 is 0 Å². The first kappa shape index (κ1) is 20.2. The number of thioether (sulfide) groups is 1. The van der Waals surface area contributed by atoms with Crippen molar-refractivity contribution in [1.82, 2.24) is 14.8 Å². The smallest absolute Gasteiger partial charge is 0.234 e. The lowest BCUT2D eigenvalue weighted by Crippen LogP contribution is -2.14. The number of anilines is 1. The van der Waals surface area contributed by atoms with Gasteiger partial charge in [-0.2, -0.15) is 0 Å². The van der Waals surface area contributed by atoms with E-state index in [1.54, 1.807) is 18.4 Å². The first-order chi connectivity index (χ1) is 14.6. The Kier molecular flexibility index (Phi) is 6.15. The van der Waals surface area contributed by atoms with E-state index in [1.807, 2.05) is 77.5 Å². The van der Waals surface area contributed by atoms with Gasteiger partial charge in [-0.1, -0.05) is 35.5 Å². The molecule has 152 valence electrons. The summed E-state index contributed by atoms with van der Waals surface area (Å²) in [7, 11) is 1.64. The van der Waals surface area contributed by atoms with Gasteiger partial charge in [0.15, 0.2) is 11.0 Å². The van der Waals surface area contributed by atoms with Gasteiger partial charge in [0.1, 0.15) is 5.75 Å². The molecule has 0 saturated carbocycles. The normalized spacial score (nSPS) is 10.7. The maximum absolute atomic E-state index is 12.4. The van der Waals surface area contributed by atoms with Crippen molar-refractivity contribution in [3.05, 3.63) is 71.6 Å². The van der Waals surface area contributed by atoms with Crippen LogP contribution in [0.2, 0.25) is 0 Å². The molecule has 4 rings (SSSR count). The predicted octanol–water partition coefficient (Wildman–Crippen LogP) is 5.04. The second-order valence-electron chi connectivity index (χ2n) is 6.52. The Labute approximate surface area is 182 Å². The molecule has 2 aromatic heterocycles. The molecule has 0 aliphatic carbocycles. The molecular weight excluding hydrogens is 416 g/mol. The Morgan fingerprint density at radius 2 is 1.87 bits per heavy atom. The lowest BCUT2D eigenvalue weighted by Gasteiger charge is -2.10. The van der Waals surface area contributed by atoms with Crippen molar-refractivity contribution < 1.29 is 9.53 Å². The highest BCUT2D eigenvalue weighted by Gasteiger charge is 2.18. The van der Waals surface area contributed by atoms with Crippen LogP contribution in [0.15, 0.2) is 71.2 Å². The SMILES string of the molecule is COc1ccc(-n2c(SCC(=O)Nc3ccc(C)cc3)nnc2-c2cccs2)cc1. The molecule has 6 nitrogen and oxygen atoms in total. The summed E-state index contributed by atoms with van der Waals surface area (Å²) in [5.41, 5.74) is 2.84. The summed E-state index contributed by atoms with van der Waals surface area (Å²) in [5, 5.41) is 14.3. The van der Waals surface area contributed by atoms with Crippen molar-refractivity contribution in [2.24, 2.45) is 0 Å². The van der Waals surface area contributed by atoms with Gasteiger partial charge in [0.05, 0.1) is 23.4 Å². The molecular formula is C22H20N4O2S2. The summed E-state index contributed by atoms with van der Waals surface area (Å²) in [6.45, 7) is 2.01. The number of ether oxygens (including phenoxy) is 1. The van der Waals surface area contributed by atoms with Gasteiger partial charge in [-0.15, -0.1) is 21.5 Å². The van der Waals surface area contributed by atoms with E-state index in [1.165, 1.54) is 11.8 Å². The highest BCUT2D eigenvalue weighted by molar-refractivity contribution is 7.99. The molecule has 4 aromatic rings. The maximum Gasteiger partial charge on any atom is 0.234 e. The Morgan fingerprint density at radius 3 is 2.53 bits per heavy atom. The molecule has 0 spiro atoms. The molecule has 2 aromatic carbocycles. The van der Waals surface area contributed by atoms with Crippen LogP contribution in [0.1, 0.15) is 5.56 Å². The highest BCUT2D eigenvalue weighted by Crippen LogP contribution is 2.31. The van der Waals surface area contributed by atoms with Crippen LogP contribution in [0.4, 0.5) is 5.69 Å². The first-order valence-electron chi connectivity index (χ1n) is 9.27. The van der Waals surface area contributed by atoms with Gasteiger partial charge < -0.3 is 10.1 Å². The number of nitrogens with zero attached hydrogens (tertiary/aromatic N) is 3. The number of hydrogen-bond donors (Lipinski definition) is 1. The number of aryl methyl sites for hydroxylation is 1. The Morgan fingerprint density at radius 1 is 1.10 bits per heavy atom. The van der Waals surface area contributed by atoms with Crippen molar-refractivity contribution >= 4 is 34.7 Å². The van der Waals surface area contributed by atoms with Gasteiger partial charge >= 0.3 is 0 Å². The number of nitrogens with one attached hydrogen (secondary N) is 1. The molecule has 0 atom stereocenters. The van der Waals surface area contributed by atoms with E-state index in [-0.39, 0.29) is 11.7 Å². The first-order valence-corrected chi connectivity index (χ1v) is 11.1. The van der Waals surface area contributed by atoms with Gasteiger partial charge in [0.2, 0.25) is 5.91 Å². The van der Waals surface area contributed by atoms with E-state index >= 15 is 0 Å². The monoisotopic (exact) mass is 436 g/mol. The number of thiophene rings is 1. The molecule has 0 bridgehead atoms. The molecule has 2 heterocycles. The molecule has 0 aliphatic rings. The van der Waals surface area contributed by atoms with Gasteiger partial charge in [0.25, 0.3) is 0 Å². The maximum atomic E-state index is 12.4. The molecule has 0 radical (unpaired) electrons. The number of hydrogen-bond acceptors (Lipinski definition) is 6. The van der Waals surface area contributed by atoms with Crippen LogP contribution in [-0.4, -0.2) is 33.5 Å². The molecule has 1 amide bonds. The number of carbonyl (C=O) groups is 1. The van der Waals surface area contributed by atoms with Gasteiger partial charge in [-0.25, -0.2) is 0 Å². The lowest BCUT2D eigenvalue weighted by molar-refractivity contribution is -0.113. The van der Waals surface area contributed by atoms with E-state index in [0.717, 1.165) is 33.4 Å². The number of methoxy groups -OCH3 is 1. The Balaban J connectivity index is 1.56. The summed E-state index contributed by atoms with van der Waals surface area (Å²) in [4.78, 5) is 13.4. The number of benzene rings is 2. The third-order valence-electron chi connectivity index (χ3n) is 4.37. The molecule has 1 N–H and O–H groups in total. The minimum absolute atomic E-state index is 0.0918. The fourth-order valence-electron chi connectivity index (χ4n) is 2.86. The van der Waals surface area contributed by atoms with Gasteiger partial charge in [-0.05, 0) is 54.8 Å². The summed E-state index contributed by atoms with van der Waals surface area (Å²) in [6.07, 6.45) is 0. The fraction of sp³-hybridized carbons (Fsp3) is 0.136. The average molecular weight is 437 g/mol. The van der Waals surface area contributed by atoms with Crippen LogP contribution in [0.5, 0.6) is 5.75 Å². The predicted molar refractivity (Wildman–Crippen MR) is 122 cm³/mol. The lowest BCUT2D eigenvalue weighted by atomic mass is 10.2. The van der Waals surface area contributed by atoms with Crippen molar-refractivity contribution in [1.29, 1.82) is 0 Å². The van der Waals surface area contributed by atoms with Crippen LogP contribution in [0, 0.1) is 6.92 Å². The van der Waals surface area contributed by atoms with E-state index in [2.05, 4.69) is 15.5 Å². The number of amides is 1. The van der Waals surface area contributed by atoms with Gasteiger partial charge in [-0.3, -0.25) is 9.36 Å². The van der Waals surface area contributed by atoms with E-state index in [9.17, 15) is 4.79 Å². The topological polar surface area (TPSA) is 69.0 Å². The van der Waals surface area contributed by atoms with Crippen LogP contribution in [-0.2, 0) is 4.79 Å². The minimum Gasteiger partial charge on any atom is -0.497 e. The zero-order chi connectivity index (χ0) is 20.9. The third-order valence-corrected chi connectivity index (χ3v) is 6.17. The minimum atomic E-state index is -0.0918. The molecule has 0 saturated heterocycles. The molecule has 0 unspecified atom stereocenters. The molecule has 0 fully saturated rings. The second kappa shape index (κ2) is 9.15. The van der Waals surface area contributed by atoms with Crippen molar-refractivity contribution in [3.8, 4) is 22.1 Å². The van der Waals surface area contributed by atoms with Crippen molar-refractivity contribution in [2.75, 3.05) is 18.2 Å². The number of rotatable bonds is 7. The Hall–Kier alpha value is -3.10. The zero-order valence-electron chi connectivity index (χ0n) is 16.5. The van der Waals surface area contributed by atoms with Crippen LogP contribution < -0.4 is 10.1 Å². The molecule has 8 heteroatoms. The number of carbonyl (C=O) groups excluding carboxylic acids is 1. The quantitative estimate of drug-likeness (QED) is 0.411. The summed E-state index contributed by atoms with van der Waals surface area (Å²) in [5.74, 6) is 1.66. The van der Waals surface area contributed by atoms with Crippen LogP contribution >= 0.6 is 23.1 Å². The van der Waals surface area contributed by atoms with Crippen molar-refractivity contribution in [2.45, 2.75) is 12.1 Å². The van der Waals surface area contributed by atoms with Crippen molar-refractivity contribution in [3.63, 3.8) is 0 Å². The number of aromatic nitrogens is 3. The standard InChI is InChI=1S/C22H20N4O2S2/c1-15-5-7-16(8-6-15)23-20(27)14-30-22-25-24-21(19-4-3-13-29-19)26(22)17-9-11-18(28-2)12-10-17/h3-13H,14H2,1-2H3,(H,23,27). The fourth-order valence-corrected chi connectivity index (χ4v) is 4.31. The molecule has 0 aliphatic heterocycles. The largest absolute Gasteiger partial charge is 0.497 e. The van der Waals surface area contributed by atoms with E-state index in [0.29, 0.717) is 5.16 Å². The highest BCUT2D eigenvalue weighted by atomic mass is 32.2. The summed E-state index contributed by atoms with van der Waals surface area (Å²) >= 11 is 2.95. The zero-order valence-corrected chi connectivity index (χ0v) is 18.2.